The maximum absolute atomic E-state index is 4.21. The molecule has 4 heteroatoms. The lowest BCUT2D eigenvalue weighted by Gasteiger charge is -2.08. The highest BCUT2D eigenvalue weighted by Crippen LogP contribution is 2.13. The van der Waals surface area contributed by atoms with Crippen LogP contribution in [-0.2, 0) is 0 Å². The zero-order valence-electron chi connectivity index (χ0n) is 7.70. The molecule has 2 rings (SSSR count). The molecule has 68 valence electrons. The Morgan fingerprint density at radius 3 is 3.00 bits per heavy atom. The molecule has 0 aliphatic heterocycles. The van der Waals surface area contributed by atoms with Crippen LogP contribution in [0.3, 0.4) is 0 Å². The summed E-state index contributed by atoms with van der Waals surface area (Å²) < 4.78 is 0. The molecule has 0 aliphatic carbocycles. The molecule has 0 aliphatic rings. The molecule has 0 spiro atoms. The highest BCUT2D eigenvalue weighted by atomic mass is 15.0. The first kappa shape index (κ1) is 8.04. The summed E-state index contributed by atoms with van der Waals surface area (Å²) in [7, 11) is 0. The second kappa shape index (κ2) is 3.05. The average Bonchev–Trinajstić information content (AvgIpc) is 2.49. The molecule has 2 aromatic rings. The van der Waals surface area contributed by atoms with Gasteiger partial charge in [-0.2, -0.15) is 0 Å². The molecule has 0 aromatic carbocycles. The third kappa shape index (κ3) is 1.61. The minimum absolute atomic E-state index is 0.415. The largest absolute Gasteiger partial charge is 0.382 e. The first-order chi connectivity index (χ1) is 6.25. The Kier molecular flexibility index (Phi) is 1.88. The van der Waals surface area contributed by atoms with Gasteiger partial charge in [0.15, 0.2) is 5.65 Å². The Bertz CT molecular complexity index is 405. The van der Waals surface area contributed by atoms with E-state index in [4.69, 9.17) is 0 Å². The van der Waals surface area contributed by atoms with Crippen molar-refractivity contribution in [3.63, 3.8) is 0 Å². The molecule has 2 aromatic heterocycles. The van der Waals surface area contributed by atoms with Gasteiger partial charge in [-0.1, -0.05) is 0 Å². The van der Waals surface area contributed by atoms with E-state index in [-0.39, 0.29) is 0 Å². The number of anilines is 1. The summed E-state index contributed by atoms with van der Waals surface area (Å²) in [4.78, 5) is 11.3. The van der Waals surface area contributed by atoms with Crippen LogP contribution < -0.4 is 5.32 Å². The van der Waals surface area contributed by atoms with Crippen molar-refractivity contribution in [2.75, 3.05) is 5.32 Å². The summed E-state index contributed by atoms with van der Waals surface area (Å²) in [6.07, 6.45) is 3.46. The molecule has 2 N–H and O–H groups in total. The number of nitrogens with one attached hydrogen (secondary N) is 2. The number of nitrogens with zero attached hydrogens (tertiary/aromatic N) is 2. The monoisotopic (exact) mass is 176 g/mol. The molecular weight excluding hydrogens is 164 g/mol. The van der Waals surface area contributed by atoms with Crippen LogP contribution in [-0.4, -0.2) is 21.0 Å². The summed E-state index contributed by atoms with van der Waals surface area (Å²) in [6.45, 7) is 4.18. The molecular formula is C9H12N4. The molecule has 0 saturated heterocycles. The molecule has 0 saturated carbocycles. The number of imidazole rings is 1. The summed E-state index contributed by atoms with van der Waals surface area (Å²) in [5, 5.41) is 3.27. The van der Waals surface area contributed by atoms with Crippen LogP contribution >= 0.6 is 0 Å². The van der Waals surface area contributed by atoms with E-state index in [1.165, 1.54) is 0 Å². The Balaban J connectivity index is 2.37. The maximum atomic E-state index is 4.21. The molecule has 13 heavy (non-hydrogen) atoms. The number of hydrogen-bond acceptors (Lipinski definition) is 3. The van der Waals surface area contributed by atoms with Crippen LogP contribution in [0.2, 0.25) is 0 Å². The van der Waals surface area contributed by atoms with Crippen molar-refractivity contribution < 1.29 is 0 Å². The van der Waals surface area contributed by atoms with E-state index in [1.54, 1.807) is 12.5 Å². The number of fused-ring (bicyclic) bond motifs is 1. The summed E-state index contributed by atoms with van der Waals surface area (Å²) in [5.74, 6) is 0. The fourth-order valence-electron chi connectivity index (χ4n) is 1.24. The Morgan fingerprint density at radius 2 is 2.23 bits per heavy atom. The zero-order valence-corrected chi connectivity index (χ0v) is 7.70. The second-order valence-corrected chi connectivity index (χ2v) is 3.29. The first-order valence-electron chi connectivity index (χ1n) is 4.31. The number of aromatic amines is 1. The fourth-order valence-corrected chi connectivity index (χ4v) is 1.24. The number of H-pyrrole nitrogens is 1. The van der Waals surface area contributed by atoms with Crippen molar-refractivity contribution in [3.05, 3.63) is 18.6 Å². The van der Waals surface area contributed by atoms with Crippen LogP contribution in [0.15, 0.2) is 18.6 Å². The van der Waals surface area contributed by atoms with E-state index < -0.39 is 0 Å². The molecule has 0 amide bonds. The SMILES string of the molecule is CC(C)Nc1cnc2[nH]cnc2c1. The van der Waals surface area contributed by atoms with Crippen molar-refractivity contribution in [2.45, 2.75) is 19.9 Å². The summed E-state index contributed by atoms with van der Waals surface area (Å²) >= 11 is 0. The van der Waals surface area contributed by atoms with E-state index in [0.717, 1.165) is 16.9 Å². The molecule has 0 fully saturated rings. The molecule has 4 nitrogen and oxygen atoms in total. The van der Waals surface area contributed by atoms with Crippen molar-refractivity contribution in [3.8, 4) is 0 Å². The van der Waals surface area contributed by atoms with E-state index >= 15 is 0 Å². The van der Waals surface area contributed by atoms with Crippen LogP contribution in [0.4, 0.5) is 5.69 Å². The first-order valence-corrected chi connectivity index (χ1v) is 4.31. The highest BCUT2D eigenvalue weighted by molar-refractivity contribution is 5.73. The summed E-state index contributed by atoms with van der Waals surface area (Å²) in [6, 6.07) is 2.40. The molecule has 0 atom stereocenters. The minimum atomic E-state index is 0.415. The van der Waals surface area contributed by atoms with Crippen LogP contribution in [0.5, 0.6) is 0 Å². The Labute approximate surface area is 76.4 Å². The number of hydrogen-bond donors (Lipinski definition) is 2. The minimum Gasteiger partial charge on any atom is -0.382 e. The van der Waals surface area contributed by atoms with E-state index in [0.29, 0.717) is 6.04 Å². The van der Waals surface area contributed by atoms with Gasteiger partial charge in [0.2, 0.25) is 0 Å². The van der Waals surface area contributed by atoms with Gasteiger partial charge < -0.3 is 10.3 Å². The van der Waals surface area contributed by atoms with Crippen molar-refractivity contribution in [1.29, 1.82) is 0 Å². The lowest BCUT2D eigenvalue weighted by atomic mass is 10.3. The fraction of sp³-hybridized carbons (Fsp3) is 0.333. The van der Waals surface area contributed by atoms with Gasteiger partial charge in [-0.25, -0.2) is 9.97 Å². The van der Waals surface area contributed by atoms with Gasteiger partial charge in [-0.15, -0.1) is 0 Å². The smallest absolute Gasteiger partial charge is 0.157 e. The molecule has 0 unspecified atom stereocenters. The van der Waals surface area contributed by atoms with Crippen molar-refractivity contribution in [1.82, 2.24) is 15.0 Å². The van der Waals surface area contributed by atoms with Crippen LogP contribution in [0, 0.1) is 0 Å². The van der Waals surface area contributed by atoms with Gasteiger partial charge in [-0.3, -0.25) is 0 Å². The second-order valence-electron chi connectivity index (χ2n) is 3.29. The number of aromatic nitrogens is 3. The van der Waals surface area contributed by atoms with Gasteiger partial charge >= 0.3 is 0 Å². The predicted octanol–water partition coefficient (Wildman–Crippen LogP) is 1.78. The molecule has 0 bridgehead atoms. The highest BCUT2D eigenvalue weighted by Gasteiger charge is 1.99. The van der Waals surface area contributed by atoms with E-state index in [1.807, 2.05) is 6.07 Å². The van der Waals surface area contributed by atoms with Crippen molar-refractivity contribution >= 4 is 16.9 Å². The van der Waals surface area contributed by atoms with Crippen molar-refractivity contribution in [2.24, 2.45) is 0 Å². The number of rotatable bonds is 2. The molecule has 0 radical (unpaired) electrons. The van der Waals surface area contributed by atoms with Crippen LogP contribution in [0.25, 0.3) is 11.2 Å². The number of pyridine rings is 1. The zero-order chi connectivity index (χ0) is 9.26. The van der Waals surface area contributed by atoms with E-state index in [2.05, 4.69) is 34.1 Å². The van der Waals surface area contributed by atoms with E-state index in [9.17, 15) is 0 Å². The third-order valence-corrected chi connectivity index (χ3v) is 1.73. The lowest BCUT2D eigenvalue weighted by Crippen LogP contribution is -2.09. The van der Waals surface area contributed by atoms with Crippen LogP contribution in [0.1, 0.15) is 13.8 Å². The van der Waals surface area contributed by atoms with Gasteiger partial charge in [0, 0.05) is 6.04 Å². The third-order valence-electron chi connectivity index (χ3n) is 1.73. The maximum Gasteiger partial charge on any atom is 0.157 e. The predicted molar refractivity (Wildman–Crippen MR) is 52.6 cm³/mol. The van der Waals surface area contributed by atoms with Gasteiger partial charge in [0.25, 0.3) is 0 Å². The molecule has 2 heterocycles. The quantitative estimate of drug-likeness (QED) is 0.733. The van der Waals surface area contributed by atoms with Gasteiger partial charge in [0.05, 0.1) is 18.2 Å². The lowest BCUT2D eigenvalue weighted by molar-refractivity contribution is 0.898. The Hall–Kier alpha value is -1.58. The summed E-state index contributed by atoms with van der Waals surface area (Å²) in [5.41, 5.74) is 2.73. The topological polar surface area (TPSA) is 53.6 Å². The Morgan fingerprint density at radius 1 is 1.38 bits per heavy atom. The normalized spacial score (nSPS) is 11.0. The van der Waals surface area contributed by atoms with Gasteiger partial charge in [-0.05, 0) is 19.9 Å². The standard InChI is InChI=1S/C9H12N4/c1-6(2)13-7-3-8-9(10-4-7)12-5-11-8/h3-6,13H,1-2H3,(H,10,11,12). The average molecular weight is 176 g/mol. The van der Waals surface area contributed by atoms with Gasteiger partial charge in [0.1, 0.15) is 5.52 Å².